The van der Waals surface area contributed by atoms with Crippen molar-refractivity contribution in [3.05, 3.63) is 70.6 Å². The Kier molecular flexibility index (Phi) is 3.66. The molecule has 1 heterocycles. The highest BCUT2D eigenvalue weighted by Crippen LogP contribution is 2.35. The van der Waals surface area contributed by atoms with Crippen LogP contribution in [0.5, 0.6) is 5.75 Å². The molecule has 0 amide bonds. The van der Waals surface area contributed by atoms with Gasteiger partial charge in [0.15, 0.2) is 5.75 Å². The summed E-state index contributed by atoms with van der Waals surface area (Å²) in [6.45, 7) is 0. The number of nitrogens with zero attached hydrogens (tertiary/aromatic N) is 1. The molecule has 0 atom stereocenters. The Labute approximate surface area is 124 Å². The maximum Gasteiger partial charge on any atom is 0.157 e. The van der Waals surface area contributed by atoms with Crippen LogP contribution < -0.4 is 0 Å². The van der Waals surface area contributed by atoms with E-state index >= 15 is 0 Å². The summed E-state index contributed by atoms with van der Waals surface area (Å²) in [6.07, 6.45) is 0.477. The first kappa shape index (κ1) is 13.7. The zero-order valence-electron chi connectivity index (χ0n) is 10.9. The lowest BCUT2D eigenvalue weighted by Crippen LogP contribution is -1.86. The van der Waals surface area contributed by atoms with Crippen LogP contribution in [0.3, 0.4) is 0 Å². The van der Waals surface area contributed by atoms with Gasteiger partial charge in [-0.2, -0.15) is 4.37 Å². The van der Waals surface area contributed by atoms with E-state index in [1.54, 1.807) is 24.3 Å². The molecule has 0 aliphatic carbocycles. The number of benzene rings is 2. The van der Waals surface area contributed by atoms with Crippen LogP contribution in [0.25, 0.3) is 11.3 Å². The Morgan fingerprint density at radius 1 is 0.905 bits per heavy atom. The first-order valence-electron chi connectivity index (χ1n) is 6.31. The standard InChI is InChI=1S/C16H11F2NOS/c17-12-5-1-10(2-6-12)9-14-16(20)15(19-21-14)11-3-7-13(18)8-4-11/h1-8,20H,9H2. The monoisotopic (exact) mass is 303 g/mol. The third kappa shape index (κ3) is 2.92. The van der Waals surface area contributed by atoms with Gasteiger partial charge in [0.2, 0.25) is 0 Å². The molecular weight excluding hydrogens is 292 g/mol. The topological polar surface area (TPSA) is 33.1 Å². The number of aromatic nitrogens is 1. The molecule has 0 bridgehead atoms. The lowest BCUT2D eigenvalue weighted by atomic mass is 10.1. The van der Waals surface area contributed by atoms with Crippen molar-refractivity contribution in [1.82, 2.24) is 4.37 Å². The van der Waals surface area contributed by atoms with Gasteiger partial charge in [-0.05, 0) is 53.5 Å². The predicted octanol–water partition coefficient (Wildman–Crippen LogP) is 4.38. The molecule has 0 saturated carbocycles. The minimum Gasteiger partial charge on any atom is -0.504 e. The Morgan fingerprint density at radius 2 is 1.48 bits per heavy atom. The fourth-order valence-corrected chi connectivity index (χ4v) is 2.83. The van der Waals surface area contributed by atoms with Crippen LogP contribution in [0.4, 0.5) is 8.78 Å². The Morgan fingerprint density at radius 3 is 2.10 bits per heavy atom. The van der Waals surface area contributed by atoms with Crippen molar-refractivity contribution in [3.8, 4) is 17.0 Å². The largest absolute Gasteiger partial charge is 0.504 e. The van der Waals surface area contributed by atoms with Gasteiger partial charge >= 0.3 is 0 Å². The maximum absolute atomic E-state index is 12.9. The SMILES string of the molecule is Oc1c(-c2ccc(F)cc2)nsc1Cc1ccc(F)cc1. The van der Waals surface area contributed by atoms with Crippen molar-refractivity contribution >= 4 is 11.5 Å². The molecule has 0 saturated heterocycles. The fourth-order valence-electron chi connectivity index (χ4n) is 2.02. The van der Waals surface area contributed by atoms with E-state index in [0.29, 0.717) is 22.6 Å². The van der Waals surface area contributed by atoms with E-state index < -0.39 is 0 Å². The molecule has 1 aromatic heterocycles. The predicted molar refractivity (Wildman–Crippen MR) is 78.4 cm³/mol. The molecular formula is C16H11F2NOS. The Bertz CT molecular complexity index is 751. The summed E-state index contributed by atoms with van der Waals surface area (Å²) in [7, 11) is 0. The van der Waals surface area contributed by atoms with Gasteiger partial charge in [0, 0.05) is 12.0 Å². The minimum atomic E-state index is -0.333. The summed E-state index contributed by atoms with van der Waals surface area (Å²) in [6, 6.07) is 11.9. The molecule has 0 unspecified atom stereocenters. The van der Waals surface area contributed by atoms with E-state index in [2.05, 4.69) is 4.37 Å². The summed E-state index contributed by atoms with van der Waals surface area (Å²) < 4.78 is 30.0. The quantitative estimate of drug-likeness (QED) is 0.778. The summed E-state index contributed by atoms with van der Waals surface area (Å²) in [4.78, 5) is 0.695. The highest BCUT2D eigenvalue weighted by molar-refractivity contribution is 7.06. The van der Waals surface area contributed by atoms with Crippen molar-refractivity contribution in [2.75, 3.05) is 0 Å². The summed E-state index contributed by atoms with van der Waals surface area (Å²) >= 11 is 1.19. The average Bonchev–Trinajstić information content (AvgIpc) is 2.84. The molecule has 2 aromatic carbocycles. The van der Waals surface area contributed by atoms with Crippen molar-refractivity contribution in [1.29, 1.82) is 0 Å². The van der Waals surface area contributed by atoms with Crippen molar-refractivity contribution in [2.45, 2.75) is 6.42 Å². The van der Waals surface area contributed by atoms with Crippen molar-refractivity contribution in [3.63, 3.8) is 0 Å². The summed E-state index contributed by atoms with van der Waals surface area (Å²) in [5, 5.41) is 10.2. The van der Waals surface area contributed by atoms with Gasteiger partial charge in [0.25, 0.3) is 0 Å². The molecule has 0 aliphatic heterocycles. The van der Waals surface area contributed by atoms with Crippen LogP contribution in [0.15, 0.2) is 48.5 Å². The second-order valence-corrected chi connectivity index (χ2v) is 5.47. The van der Waals surface area contributed by atoms with E-state index in [1.807, 2.05) is 0 Å². The molecule has 2 nitrogen and oxygen atoms in total. The van der Waals surface area contributed by atoms with E-state index in [-0.39, 0.29) is 17.4 Å². The van der Waals surface area contributed by atoms with E-state index in [0.717, 1.165) is 5.56 Å². The van der Waals surface area contributed by atoms with Crippen molar-refractivity contribution < 1.29 is 13.9 Å². The fraction of sp³-hybridized carbons (Fsp3) is 0.0625. The van der Waals surface area contributed by atoms with Gasteiger partial charge in [0.1, 0.15) is 17.3 Å². The van der Waals surface area contributed by atoms with Gasteiger partial charge in [-0.15, -0.1) is 0 Å². The third-order valence-corrected chi connectivity index (χ3v) is 3.96. The number of hydrogen-bond acceptors (Lipinski definition) is 3. The normalized spacial score (nSPS) is 10.8. The van der Waals surface area contributed by atoms with E-state index in [4.69, 9.17) is 0 Å². The highest BCUT2D eigenvalue weighted by Gasteiger charge is 2.14. The Balaban J connectivity index is 1.88. The number of rotatable bonds is 3. The van der Waals surface area contributed by atoms with Crippen LogP contribution in [-0.4, -0.2) is 9.48 Å². The molecule has 5 heteroatoms. The van der Waals surface area contributed by atoms with Crippen LogP contribution in [0.2, 0.25) is 0 Å². The lowest BCUT2D eigenvalue weighted by molar-refractivity contribution is 0.473. The van der Waals surface area contributed by atoms with Crippen LogP contribution in [-0.2, 0) is 6.42 Å². The second-order valence-electron chi connectivity index (χ2n) is 4.61. The molecule has 0 aliphatic rings. The summed E-state index contributed by atoms with van der Waals surface area (Å²) in [5.74, 6) is -0.532. The number of hydrogen-bond donors (Lipinski definition) is 1. The Hall–Kier alpha value is -2.27. The first-order chi connectivity index (χ1) is 10.1. The zero-order chi connectivity index (χ0) is 14.8. The highest BCUT2D eigenvalue weighted by atomic mass is 32.1. The summed E-state index contributed by atoms with van der Waals surface area (Å²) in [5.41, 5.74) is 1.99. The minimum absolute atomic E-state index is 0.0935. The smallest absolute Gasteiger partial charge is 0.157 e. The molecule has 106 valence electrons. The van der Waals surface area contributed by atoms with Gasteiger partial charge in [-0.3, -0.25) is 0 Å². The maximum atomic E-state index is 12.9. The molecule has 3 rings (SSSR count). The van der Waals surface area contributed by atoms with Crippen LogP contribution in [0.1, 0.15) is 10.4 Å². The van der Waals surface area contributed by atoms with Gasteiger partial charge < -0.3 is 5.11 Å². The molecule has 0 spiro atoms. The number of halogens is 2. The first-order valence-corrected chi connectivity index (χ1v) is 7.09. The molecule has 3 aromatic rings. The van der Waals surface area contributed by atoms with Crippen LogP contribution in [0, 0.1) is 11.6 Å². The van der Waals surface area contributed by atoms with Gasteiger partial charge in [-0.25, -0.2) is 8.78 Å². The lowest BCUT2D eigenvalue weighted by Gasteiger charge is -2.01. The molecule has 0 fully saturated rings. The second kappa shape index (κ2) is 5.61. The molecule has 1 N–H and O–H groups in total. The van der Waals surface area contributed by atoms with Crippen LogP contribution >= 0.6 is 11.5 Å². The zero-order valence-corrected chi connectivity index (χ0v) is 11.7. The molecule has 0 radical (unpaired) electrons. The van der Waals surface area contributed by atoms with Gasteiger partial charge in [-0.1, -0.05) is 12.1 Å². The van der Waals surface area contributed by atoms with Gasteiger partial charge in [0.05, 0.1) is 4.88 Å². The average molecular weight is 303 g/mol. The third-order valence-electron chi connectivity index (χ3n) is 3.13. The number of aromatic hydroxyl groups is 1. The van der Waals surface area contributed by atoms with E-state index in [1.165, 1.54) is 35.8 Å². The van der Waals surface area contributed by atoms with Crippen molar-refractivity contribution in [2.24, 2.45) is 0 Å². The molecule has 21 heavy (non-hydrogen) atoms. The van der Waals surface area contributed by atoms with E-state index in [9.17, 15) is 13.9 Å².